The highest BCUT2D eigenvalue weighted by Crippen LogP contribution is 1.62. The Hall–Kier alpha value is 0.527. The molecule has 0 saturated heterocycles. The normalized spacial score (nSPS) is 12.0. The fourth-order valence-electron chi connectivity index (χ4n) is 0. The molecule has 0 aromatic carbocycles. The molecular weight excluding hydrogens is 98.2 g/mol. The van der Waals surface area contributed by atoms with Crippen LogP contribution >= 0.6 is 0 Å². The van der Waals surface area contributed by atoms with Gasteiger partial charge in [0.25, 0.3) is 0 Å². The maximum absolute atomic E-state index is 3.31. The third kappa shape index (κ3) is 4.53. The average molecular weight is 108 g/mol. The minimum atomic E-state index is 0.0957. The Morgan fingerprint density at radius 2 is 2.00 bits per heavy atom. The van der Waals surface area contributed by atoms with Crippen molar-refractivity contribution in [2.45, 2.75) is 6.55 Å². The Morgan fingerprint density at radius 1 is 1.80 bits per heavy atom. The fraction of sp³-hybridized carbons (Fsp3) is 1.00. The van der Waals surface area contributed by atoms with Crippen molar-refractivity contribution < 1.29 is 0 Å². The van der Waals surface area contributed by atoms with Gasteiger partial charge in [-0.15, -0.1) is 0 Å². The lowest BCUT2D eigenvalue weighted by Crippen LogP contribution is -2.10. The highest BCUT2D eigenvalue weighted by atomic mass is 32.1. The second-order valence-corrected chi connectivity index (χ2v) is 3.99. The van der Waals surface area contributed by atoms with Crippen molar-refractivity contribution in [3.63, 3.8) is 0 Å². The summed E-state index contributed by atoms with van der Waals surface area (Å²) >= 11 is 3.31. The van der Waals surface area contributed by atoms with Crippen LogP contribution in [0.25, 0.3) is 0 Å². The molecule has 0 saturated carbocycles. The van der Waals surface area contributed by atoms with E-state index < -0.39 is 0 Å². The summed E-state index contributed by atoms with van der Waals surface area (Å²) in [5.41, 5.74) is 0. The van der Waals surface area contributed by atoms with E-state index in [1.165, 1.54) is 0 Å². The molecule has 32 valence electrons. The van der Waals surface area contributed by atoms with Gasteiger partial charge in [-0.05, 0) is 0 Å². The fourth-order valence-corrected chi connectivity index (χ4v) is 0. The van der Waals surface area contributed by atoms with Crippen LogP contribution in [0.3, 0.4) is 0 Å². The van der Waals surface area contributed by atoms with E-state index >= 15 is 0 Å². The SMILES string of the molecule is C[SiH2]N(C)[SH2+]. The molecule has 0 unspecified atom stereocenters. The molecule has 0 aliphatic rings. The predicted molar refractivity (Wildman–Crippen MR) is 32.3 cm³/mol. The van der Waals surface area contributed by atoms with Crippen LogP contribution < -0.4 is 0 Å². The highest BCUT2D eigenvalue weighted by molar-refractivity contribution is 7.57. The smallest absolute Gasteiger partial charge is 0.153 e. The minimum absolute atomic E-state index is 0.0957. The van der Waals surface area contributed by atoms with Crippen LogP contribution in [0, 0.1) is 0 Å². The van der Waals surface area contributed by atoms with E-state index in [9.17, 15) is 0 Å². The zero-order chi connectivity index (χ0) is 4.28. The zero-order valence-electron chi connectivity index (χ0n) is 3.65. The van der Waals surface area contributed by atoms with Crippen LogP contribution in [-0.2, 0) is 12.8 Å². The van der Waals surface area contributed by atoms with Crippen molar-refractivity contribution in [2.24, 2.45) is 0 Å². The number of rotatable bonds is 1. The van der Waals surface area contributed by atoms with Gasteiger partial charge in [-0.2, -0.15) is 3.97 Å². The summed E-state index contributed by atoms with van der Waals surface area (Å²) in [6.45, 7) is 2.22. The second kappa shape index (κ2) is 2.75. The lowest BCUT2D eigenvalue weighted by atomic mass is 11.6. The highest BCUT2D eigenvalue weighted by Gasteiger charge is 1.82. The van der Waals surface area contributed by atoms with E-state index in [0.717, 1.165) is 0 Å². The van der Waals surface area contributed by atoms with E-state index in [1.807, 2.05) is 7.05 Å². The van der Waals surface area contributed by atoms with E-state index in [0.29, 0.717) is 0 Å². The van der Waals surface area contributed by atoms with Crippen molar-refractivity contribution in [3.05, 3.63) is 0 Å². The topological polar surface area (TPSA) is 3.24 Å². The molecule has 0 amide bonds. The predicted octanol–water partition coefficient (Wildman–Crippen LogP) is -1.02. The third-order valence-corrected chi connectivity index (χ3v) is 2.37. The lowest BCUT2D eigenvalue weighted by Gasteiger charge is -1.88. The van der Waals surface area contributed by atoms with Crippen LogP contribution in [0.15, 0.2) is 0 Å². The summed E-state index contributed by atoms with van der Waals surface area (Å²) in [6.07, 6.45) is 0. The molecule has 0 aromatic rings. The van der Waals surface area contributed by atoms with Crippen LogP contribution in [-0.4, -0.2) is 20.7 Å². The standard InChI is InChI=1S/C2H9NSSi/c1-3(4)5-2/h4H,5H2,1-2H3/p+1. The quantitative estimate of drug-likeness (QED) is 0.307. The van der Waals surface area contributed by atoms with E-state index in [4.69, 9.17) is 0 Å². The van der Waals surface area contributed by atoms with Gasteiger partial charge in [0, 0.05) is 19.9 Å². The Kier molecular flexibility index (Phi) is 3.04. The maximum Gasteiger partial charge on any atom is 0.153 e. The van der Waals surface area contributed by atoms with Crippen LogP contribution in [0.2, 0.25) is 6.55 Å². The van der Waals surface area contributed by atoms with E-state index in [1.54, 1.807) is 0 Å². The minimum Gasteiger partial charge on any atom is -0.170 e. The summed E-state index contributed by atoms with van der Waals surface area (Å²) in [5.74, 6) is 0. The molecular formula is C2H10NSSi+. The van der Waals surface area contributed by atoms with Gasteiger partial charge in [-0.1, -0.05) is 6.55 Å². The van der Waals surface area contributed by atoms with Crippen molar-refractivity contribution in [2.75, 3.05) is 7.05 Å². The summed E-state index contributed by atoms with van der Waals surface area (Å²) in [6, 6.07) is 0. The van der Waals surface area contributed by atoms with Crippen molar-refractivity contribution in [3.8, 4) is 0 Å². The summed E-state index contributed by atoms with van der Waals surface area (Å²) < 4.78 is 2.07. The van der Waals surface area contributed by atoms with Gasteiger partial charge in [0.05, 0.1) is 0 Å². The van der Waals surface area contributed by atoms with Crippen LogP contribution in [0.5, 0.6) is 0 Å². The van der Waals surface area contributed by atoms with Crippen molar-refractivity contribution in [1.82, 2.24) is 3.97 Å². The lowest BCUT2D eigenvalue weighted by molar-refractivity contribution is 0.909. The molecule has 0 N–H and O–H groups in total. The van der Waals surface area contributed by atoms with Crippen molar-refractivity contribution >= 4 is 22.5 Å². The molecule has 1 nitrogen and oxygen atoms in total. The summed E-state index contributed by atoms with van der Waals surface area (Å²) in [4.78, 5) is 0. The van der Waals surface area contributed by atoms with Gasteiger partial charge in [-0.3, -0.25) is 0 Å². The van der Waals surface area contributed by atoms with Crippen LogP contribution in [0.4, 0.5) is 0 Å². The molecule has 3 heteroatoms. The first-order valence-electron chi connectivity index (χ1n) is 1.69. The maximum atomic E-state index is 3.31. The van der Waals surface area contributed by atoms with Crippen molar-refractivity contribution in [1.29, 1.82) is 0 Å². The van der Waals surface area contributed by atoms with Gasteiger partial charge in [0.15, 0.2) is 9.68 Å². The van der Waals surface area contributed by atoms with E-state index in [2.05, 4.69) is 23.3 Å². The molecule has 0 aromatic heterocycles. The van der Waals surface area contributed by atoms with Gasteiger partial charge in [0.1, 0.15) is 0 Å². The molecule has 5 heavy (non-hydrogen) atoms. The molecule has 0 aliphatic heterocycles. The van der Waals surface area contributed by atoms with Gasteiger partial charge >= 0.3 is 0 Å². The first-order chi connectivity index (χ1) is 2.27. The molecule has 0 spiro atoms. The van der Waals surface area contributed by atoms with Gasteiger partial charge in [-0.25, -0.2) is 0 Å². The second-order valence-electron chi connectivity index (χ2n) is 1.01. The molecule has 0 rings (SSSR count). The third-order valence-electron chi connectivity index (χ3n) is 0.474. The summed E-state index contributed by atoms with van der Waals surface area (Å²) in [7, 11) is 2.13. The largest absolute Gasteiger partial charge is 0.170 e. The molecule has 0 aliphatic carbocycles. The Labute approximate surface area is 40.8 Å². The monoisotopic (exact) mass is 108 g/mol. The molecule has 0 bridgehead atoms. The molecule has 0 heterocycles. The molecule has 0 atom stereocenters. The Morgan fingerprint density at radius 3 is 2.00 bits per heavy atom. The molecule has 0 fully saturated rings. The summed E-state index contributed by atoms with van der Waals surface area (Å²) in [5, 5.41) is 0. The Balaban J connectivity index is 2.54. The number of hydrogen-bond donors (Lipinski definition) is 0. The first-order valence-corrected chi connectivity index (χ1v) is 4.19. The first kappa shape index (κ1) is 5.53. The number of nitrogens with zero attached hydrogens (tertiary/aromatic N) is 1. The van der Waals surface area contributed by atoms with Gasteiger partial charge < -0.3 is 0 Å². The Bertz CT molecular complexity index is 23.6. The van der Waals surface area contributed by atoms with Crippen LogP contribution in [0.1, 0.15) is 0 Å². The molecule has 0 radical (unpaired) electrons. The number of hydrogen-bond acceptors (Lipinski definition) is 1. The van der Waals surface area contributed by atoms with E-state index in [-0.39, 0.29) is 9.68 Å². The average Bonchev–Trinajstić information content (AvgIpc) is 1.38. The van der Waals surface area contributed by atoms with Gasteiger partial charge in [0.2, 0.25) is 0 Å². The zero-order valence-corrected chi connectivity index (χ0v) is 6.07.